The summed E-state index contributed by atoms with van der Waals surface area (Å²) in [7, 11) is 0. The van der Waals surface area contributed by atoms with Crippen molar-refractivity contribution in [2.75, 3.05) is 31.9 Å². The lowest BCUT2D eigenvalue weighted by molar-refractivity contribution is -0.00373. The van der Waals surface area contributed by atoms with Gasteiger partial charge in [-0.15, -0.1) is 0 Å². The second kappa shape index (κ2) is 8.79. The number of nitrogens with zero attached hydrogens (tertiary/aromatic N) is 5. The first-order chi connectivity index (χ1) is 16.9. The van der Waals surface area contributed by atoms with E-state index in [1.807, 2.05) is 42.5 Å². The molecule has 0 radical (unpaired) electrons. The summed E-state index contributed by atoms with van der Waals surface area (Å²) in [6, 6.07) is 1.88. The van der Waals surface area contributed by atoms with Crippen LogP contribution in [-0.4, -0.2) is 84.9 Å². The van der Waals surface area contributed by atoms with E-state index < -0.39 is 29.3 Å². The highest BCUT2D eigenvalue weighted by Gasteiger charge is 2.56. The minimum atomic E-state index is -2.79. The van der Waals surface area contributed by atoms with E-state index in [-0.39, 0.29) is 24.9 Å². The quantitative estimate of drug-likeness (QED) is 0.656. The minimum absolute atomic E-state index is 0.00452. The molecule has 3 aliphatic rings. The highest BCUT2D eigenvalue weighted by Crippen LogP contribution is 2.47. The number of alkyl halides is 2. The predicted molar refractivity (Wildman–Crippen MR) is 131 cm³/mol. The Hall–Kier alpha value is -2.53. The summed E-state index contributed by atoms with van der Waals surface area (Å²) in [5.41, 5.74) is 5.41. The molecule has 3 fully saturated rings. The summed E-state index contributed by atoms with van der Waals surface area (Å²) >= 11 is 0. The number of nitrogen functional groups attached to an aromatic ring is 1. The van der Waals surface area contributed by atoms with Crippen molar-refractivity contribution in [1.82, 2.24) is 24.3 Å². The lowest BCUT2D eigenvalue weighted by Gasteiger charge is -2.45. The van der Waals surface area contributed by atoms with Crippen LogP contribution in [0.3, 0.4) is 0 Å². The van der Waals surface area contributed by atoms with Gasteiger partial charge in [-0.25, -0.2) is 23.5 Å². The van der Waals surface area contributed by atoms with Crippen molar-refractivity contribution in [3.8, 4) is 0 Å². The number of fused-ring (bicyclic) bond motifs is 1. The number of piperidine rings is 1. The molecule has 3 N–H and O–H groups in total. The van der Waals surface area contributed by atoms with Gasteiger partial charge in [-0.2, -0.15) is 0 Å². The van der Waals surface area contributed by atoms with Gasteiger partial charge in [-0.05, 0) is 58.4 Å². The van der Waals surface area contributed by atoms with Gasteiger partial charge in [-0.1, -0.05) is 0 Å². The molecule has 9 nitrogen and oxygen atoms in total. The fraction of sp³-hybridized carbons (Fsp3) is 0.720. The molecule has 1 saturated carbocycles. The summed E-state index contributed by atoms with van der Waals surface area (Å²) in [5, 5.41) is 11.7. The van der Waals surface area contributed by atoms with Crippen LogP contribution >= 0.6 is 0 Å². The van der Waals surface area contributed by atoms with Gasteiger partial charge in [0, 0.05) is 43.8 Å². The number of amides is 1. The Bertz CT molecular complexity index is 1120. The molecule has 1 aliphatic carbocycles. The molecule has 2 aromatic heterocycles. The van der Waals surface area contributed by atoms with Gasteiger partial charge < -0.3 is 25.0 Å². The summed E-state index contributed by atoms with van der Waals surface area (Å²) in [5.74, 6) is -2.52. The van der Waals surface area contributed by atoms with Crippen LogP contribution in [0, 0.1) is 5.92 Å². The first-order valence-corrected chi connectivity index (χ1v) is 12.7. The number of halogens is 2. The molecule has 0 unspecified atom stereocenters. The molecule has 36 heavy (non-hydrogen) atoms. The van der Waals surface area contributed by atoms with E-state index in [1.165, 1.54) is 6.33 Å². The Morgan fingerprint density at radius 3 is 2.67 bits per heavy atom. The Labute approximate surface area is 209 Å². The number of nitrogens with two attached hydrogens (primary N) is 1. The largest absolute Gasteiger partial charge is 0.444 e. The molecule has 2 aromatic rings. The van der Waals surface area contributed by atoms with Crippen LogP contribution in [0.15, 0.2) is 18.6 Å². The van der Waals surface area contributed by atoms with E-state index in [4.69, 9.17) is 10.5 Å². The van der Waals surface area contributed by atoms with E-state index in [1.54, 1.807) is 4.90 Å². The number of aromatic nitrogens is 3. The van der Waals surface area contributed by atoms with Crippen LogP contribution in [0.1, 0.15) is 58.9 Å². The third-order valence-corrected chi connectivity index (χ3v) is 8.05. The first-order valence-electron chi connectivity index (χ1n) is 12.7. The standard InChI is InChI=1S/C25H36F2N6O3/c1-23(2,3)36-22(35)31-8-5-24(6-9-31)13-25(26,27)14-32(24)12-16-10-17(11-19(16)34)33-7-4-18-20(28)29-15-30-21(18)33/h4,7,15-17,19,34H,5-6,8-14H2,1-3H3,(H2,28,29,30)/t16-,17-,19+/m1/s1. The van der Waals surface area contributed by atoms with Crippen LogP contribution < -0.4 is 5.73 Å². The lowest BCUT2D eigenvalue weighted by atomic mass is 9.83. The number of carbonyl (C=O) groups excluding carboxylic acids is 1. The van der Waals surface area contributed by atoms with Gasteiger partial charge in [0.2, 0.25) is 0 Å². The van der Waals surface area contributed by atoms with E-state index in [9.17, 15) is 18.7 Å². The number of hydrogen-bond donors (Lipinski definition) is 2. The third kappa shape index (κ3) is 4.74. The van der Waals surface area contributed by atoms with Crippen molar-refractivity contribution < 1.29 is 23.4 Å². The molecule has 0 aromatic carbocycles. The molecule has 3 atom stereocenters. The van der Waals surface area contributed by atoms with Gasteiger partial charge in [0.05, 0.1) is 18.0 Å². The third-order valence-electron chi connectivity index (χ3n) is 8.05. The van der Waals surface area contributed by atoms with Crippen molar-refractivity contribution >= 4 is 22.9 Å². The van der Waals surface area contributed by atoms with Gasteiger partial charge in [0.1, 0.15) is 23.4 Å². The molecule has 11 heteroatoms. The maximum absolute atomic E-state index is 14.7. The summed E-state index contributed by atoms with van der Waals surface area (Å²) < 4.78 is 37.0. The van der Waals surface area contributed by atoms with Crippen molar-refractivity contribution in [2.24, 2.45) is 5.92 Å². The summed E-state index contributed by atoms with van der Waals surface area (Å²) in [6.07, 6.45) is 4.25. The number of ether oxygens (including phenoxy) is 1. The smallest absolute Gasteiger partial charge is 0.410 e. The van der Waals surface area contributed by atoms with Crippen LogP contribution in [-0.2, 0) is 4.74 Å². The van der Waals surface area contributed by atoms with Crippen molar-refractivity contribution in [2.45, 2.75) is 82.1 Å². The van der Waals surface area contributed by atoms with Crippen molar-refractivity contribution in [1.29, 1.82) is 0 Å². The fourth-order valence-electron chi connectivity index (χ4n) is 6.34. The number of rotatable bonds is 3. The number of anilines is 1. The molecule has 0 bridgehead atoms. The van der Waals surface area contributed by atoms with Crippen LogP contribution in [0.2, 0.25) is 0 Å². The zero-order valence-corrected chi connectivity index (χ0v) is 21.2. The molecule has 1 amide bonds. The van der Waals surface area contributed by atoms with E-state index in [2.05, 4.69) is 9.97 Å². The Kier molecular flexibility index (Phi) is 6.14. The monoisotopic (exact) mass is 506 g/mol. The normalized spacial score (nSPS) is 28.3. The average molecular weight is 507 g/mol. The topological polar surface area (TPSA) is 110 Å². The average Bonchev–Trinajstić information content (AvgIpc) is 3.42. The molecule has 198 valence electrons. The van der Waals surface area contributed by atoms with Crippen LogP contribution in [0.5, 0.6) is 0 Å². The van der Waals surface area contributed by atoms with Gasteiger partial charge in [-0.3, -0.25) is 4.90 Å². The molecule has 4 heterocycles. The molecular formula is C25H36F2N6O3. The maximum Gasteiger partial charge on any atom is 0.410 e. The molecule has 2 saturated heterocycles. The van der Waals surface area contributed by atoms with Crippen LogP contribution in [0.25, 0.3) is 11.0 Å². The highest BCUT2D eigenvalue weighted by molar-refractivity contribution is 5.86. The van der Waals surface area contributed by atoms with Gasteiger partial charge in [0.15, 0.2) is 0 Å². The van der Waals surface area contributed by atoms with Crippen molar-refractivity contribution in [3.63, 3.8) is 0 Å². The SMILES string of the molecule is CC(C)(C)OC(=O)N1CCC2(CC1)CC(F)(F)CN2C[C@H]1C[C@@H](n2ccc3c(N)ncnc32)C[C@@H]1O. The zero-order valence-electron chi connectivity index (χ0n) is 21.2. The Morgan fingerprint density at radius 1 is 1.25 bits per heavy atom. The van der Waals surface area contributed by atoms with Gasteiger partial charge in [0.25, 0.3) is 5.92 Å². The van der Waals surface area contributed by atoms with Crippen LogP contribution in [0.4, 0.5) is 19.4 Å². The number of aliphatic hydroxyl groups is 1. The number of hydrogen-bond acceptors (Lipinski definition) is 7. The van der Waals surface area contributed by atoms with E-state index >= 15 is 0 Å². The summed E-state index contributed by atoms with van der Waals surface area (Å²) in [6.45, 7) is 6.29. The van der Waals surface area contributed by atoms with Crippen molar-refractivity contribution in [3.05, 3.63) is 18.6 Å². The number of aliphatic hydroxyl groups excluding tert-OH is 1. The number of carbonyl (C=O) groups is 1. The Balaban J connectivity index is 1.28. The predicted octanol–water partition coefficient (Wildman–Crippen LogP) is 3.44. The Morgan fingerprint density at radius 2 is 1.97 bits per heavy atom. The molecule has 1 spiro atoms. The maximum atomic E-state index is 14.7. The van der Waals surface area contributed by atoms with E-state index in [0.29, 0.717) is 51.1 Å². The van der Waals surface area contributed by atoms with Gasteiger partial charge >= 0.3 is 6.09 Å². The highest BCUT2D eigenvalue weighted by atomic mass is 19.3. The lowest BCUT2D eigenvalue weighted by Crippen LogP contribution is -2.55. The second-order valence-corrected chi connectivity index (χ2v) is 11.8. The van der Waals surface area contributed by atoms with E-state index in [0.717, 1.165) is 11.0 Å². The molecular weight excluding hydrogens is 470 g/mol. The second-order valence-electron chi connectivity index (χ2n) is 11.8. The number of likely N-dealkylation sites (tertiary alicyclic amines) is 2. The molecule has 2 aliphatic heterocycles. The minimum Gasteiger partial charge on any atom is -0.444 e. The zero-order chi connectivity index (χ0) is 25.9. The first kappa shape index (κ1) is 25.1. The summed E-state index contributed by atoms with van der Waals surface area (Å²) in [4.78, 5) is 24.4. The molecule has 5 rings (SSSR count). The fourth-order valence-corrected chi connectivity index (χ4v) is 6.34.